The molecule has 0 aromatic rings. The smallest absolute Gasteiger partial charge is 0.105 e. The molecule has 0 bridgehead atoms. The zero-order chi connectivity index (χ0) is 11.6. The summed E-state index contributed by atoms with van der Waals surface area (Å²) in [4.78, 5) is 0. The van der Waals surface area contributed by atoms with Gasteiger partial charge < -0.3 is 0 Å². The lowest BCUT2D eigenvalue weighted by atomic mass is 9.93. The number of fused-ring (bicyclic) bond motifs is 1. The van der Waals surface area contributed by atoms with Crippen LogP contribution in [0.25, 0.3) is 0 Å². The van der Waals surface area contributed by atoms with Gasteiger partial charge in [0.15, 0.2) is 0 Å². The van der Waals surface area contributed by atoms with Gasteiger partial charge in [-0.25, -0.2) is 0 Å². The zero-order valence-corrected chi connectivity index (χ0v) is 8.10. The van der Waals surface area contributed by atoms with Crippen LogP contribution in [0.3, 0.4) is 0 Å². The zero-order valence-electron chi connectivity index (χ0n) is 8.10. The molecule has 0 aromatic carbocycles. The molecule has 0 radical (unpaired) electrons. The fourth-order valence-corrected chi connectivity index (χ4v) is 3.28. The van der Waals surface area contributed by atoms with Gasteiger partial charge in [-0.1, -0.05) is 0 Å². The number of hydrogen-bond acceptors (Lipinski definition) is 4. The number of allylic oxidation sites excluding steroid dienone is 4. The average Bonchev–Trinajstić information content (AvgIpc) is 2.63. The van der Waals surface area contributed by atoms with E-state index in [0.29, 0.717) is 11.1 Å². The first-order chi connectivity index (χ1) is 7.70. The van der Waals surface area contributed by atoms with E-state index in [2.05, 4.69) is 12.1 Å². The average molecular weight is 204 g/mol. The Hall–Kier alpha value is -2.56. The Morgan fingerprint density at radius 1 is 0.875 bits per heavy atom. The minimum atomic E-state index is -0.849. The lowest BCUT2D eigenvalue weighted by Gasteiger charge is -2.05. The summed E-state index contributed by atoms with van der Waals surface area (Å²) in [5.41, 5.74) is -0.777. The fourth-order valence-electron chi connectivity index (χ4n) is 3.28. The minimum Gasteiger partial charge on any atom is -0.197 e. The van der Waals surface area contributed by atoms with Crippen molar-refractivity contribution in [3.63, 3.8) is 0 Å². The second kappa shape index (κ2) is 2.16. The van der Waals surface area contributed by atoms with Crippen molar-refractivity contribution < 1.29 is 0 Å². The van der Waals surface area contributed by atoms with E-state index in [-0.39, 0.29) is 11.8 Å². The van der Waals surface area contributed by atoms with Gasteiger partial charge in [0.25, 0.3) is 0 Å². The fraction of sp³-hybridized carbons (Fsp3) is 0.333. The van der Waals surface area contributed by atoms with Crippen molar-refractivity contribution in [1.29, 1.82) is 21.0 Å². The molecule has 0 heterocycles. The van der Waals surface area contributed by atoms with Crippen molar-refractivity contribution in [2.75, 3.05) is 0 Å². The van der Waals surface area contributed by atoms with E-state index >= 15 is 0 Å². The van der Waals surface area contributed by atoms with Crippen molar-refractivity contribution in [2.45, 2.75) is 0 Å². The molecule has 1 fully saturated rings. The molecule has 2 atom stereocenters. The van der Waals surface area contributed by atoms with Crippen molar-refractivity contribution in [3.8, 4) is 24.3 Å². The molecular formula is C12H4N4. The molecule has 0 saturated heterocycles. The number of rotatable bonds is 0. The van der Waals surface area contributed by atoms with Crippen LogP contribution in [0.1, 0.15) is 0 Å². The molecular weight excluding hydrogens is 200 g/mol. The summed E-state index contributed by atoms with van der Waals surface area (Å²) >= 11 is 0. The van der Waals surface area contributed by atoms with Crippen LogP contribution in [0.15, 0.2) is 23.3 Å². The second-order valence-corrected chi connectivity index (χ2v) is 4.34. The highest BCUT2D eigenvalue weighted by Gasteiger charge is 2.85. The SMILES string of the molecule is N#CC1=CC2(C#N)C3C1C(C#N)=CC32C#N. The van der Waals surface area contributed by atoms with Crippen LogP contribution in [0.2, 0.25) is 0 Å². The Morgan fingerprint density at radius 2 is 1.31 bits per heavy atom. The van der Waals surface area contributed by atoms with Gasteiger partial charge in [0, 0.05) is 23.0 Å². The highest BCUT2D eigenvalue weighted by molar-refractivity contribution is 5.66. The van der Waals surface area contributed by atoms with Gasteiger partial charge in [-0.2, -0.15) is 21.0 Å². The molecule has 0 aliphatic heterocycles. The molecule has 4 heteroatoms. The molecule has 72 valence electrons. The van der Waals surface area contributed by atoms with E-state index in [1.54, 1.807) is 12.2 Å². The molecule has 0 N–H and O–H groups in total. The summed E-state index contributed by atoms with van der Waals surface area (Å²) in [6.07, 6.45) is 3.18. The normalized spacial score (nSPS) is 45.2. The van der Waals surface area contributed by atoms with Crippen LogP contribution >= 0.6 is 0 Å². The van der Waals surface area contributed by atoms with Crippen LogP contribution in [0.4, 0.5) is 0 Å². The molecule has 16 heavy (non-hydrogen) atoms. The molecule has 2 unspecified atom stereocenters. The molecule has 0 aromatic heterocycles. The lowest BCUT2D eigenvalue weighted by Crippen LogP contribution is -2.05. The number of nitrogens with zero attached hydrogens (tertiary/aromatic N) is 4. The largest absolute Gasteiger partial charge is 0.197 e. The maximum absolute atomic E-state index is 9.19. The van der Waals surface area contributed by atoms with Crippen molar-refractivity contribution in [1.82, 2.24) is 0 Å². The maximum Gasteiger partial charge on any atom is 0.105 e. The standard InChI is InChI=1S/C12H4N4/c13-3-7-1-11(5-15)10-9(7)8(4-14)2-12(10,11)6-16/h1-2,9-10H. The van der Waals surface area contributed by atoms with E-state index < -0.39 is 10.8 Å². The third-order valence-electron chi connectivity index (χ3n) is 3.98. The summed E-state index contributed by atoms with van der Waals surface area (Å²) in [5.74, 6) is -0.534. The Bertz CT molecular complexity index is 586. The summed E-state index contributed by atoms with van der Waals surface area (Å²) < 4.78 is 0. The predicted octanol–water partition coefficient (Wildman–Crippen LogP) is 1.18. The predicted molar refractivity (Wildman–Crippen MR) is 50.5 cm³/mol. The van der Waals surface area contributed by atoms with E-state index in [1.807, 2.05) is 12.1 Å². The van der Waals surface area contributed by atoms with E-state index in [1.165, 1.54) is 0 Å². The highest BCUT2D eigenvalue weighted by atomic mass is 14.8. The van der Waals surface area contributed by atoms with E-state index in [0.717, 1.165) is 0 Å². The van der Waals surface area contributed by atoms with Crippen LogP contribution in [0, 0.1) is 68.0 Å². The Morgan fingerprint density at radius 3 is 1.62 bits per heavy atom. The van der Waals surface area contributed by atoms with E-state index in [4.69, 9.17) is 10.5 Å². The van der Waals surface area contributed by atoms with Crippen molar-refractivity contribution in [3.05, 3.63) is 23.3 Å². The summed E-state index contributed by atoms with van der Waals surface area (Å²) in [5, 5.41) is 36.3. The second-order valence-electron chi connectivity index (χ2n) is 4.34. The molecule has 0 amide bonds. The van der Waals surface area contributed by atoms with Crippen LogP contribution in [-0.4, -0.2) is 0 Å². The quantitative estimate of drug-likeness (QED) is 0.591. The number of hydrogen-bond donors (Lipinski definition) is 0. The first kappa shape index (κ1) is 8.72. The maximum atomic E-state index is 9.19. The number of nitriles is 4. The van der Waals surface area contributed by atoms with E-state index in [9.17, 15) is 10.5 Å². The lowest BCUT2D eigenvalue weighted by molar-refractivity contribution is 0.628. The summed E-state index contributed by atoms with van der Waals surface area (Å²) in [6, 6.07) is 8.34. The van der Waals surface area contributed by atoms with Gasteiger partial charge in [-0.05, 0) is 12.2 Å². The molecule has 3 aliphatic carbocycles. The van der Waals surface area contributed by atoms with Gasteiger partial charge in [0.2, 0.25) is 0 Å². The Kier molecular flexibility index (Phi) is 1.18. The molecule has 1 saturated carbocycles. The topological polar surface area (TPSA) is 95.2 Å². The summed E-state index contributed by atoms with van der Waals surface area (Å²) in [6.45, 7) is 0. The molecule has 3 rings (SSSR count). The van der Waals surface area contributed by atoms with Crippen molar-refractivity contribution in [2.24, 2.45) is 22.7 Å². The third kappa shape index (κ3) is 0.531. The first-order valence-corrected chi connectivity index (χ1v) is 4.79. The van der Waals surface area contributed by atoms with Gasteiger partial charge in [-0.3, -0.25) is 0 Å². The van der Waals surface area contributed by atoms with Crippen molar-refractivity contribution >= 4 is 0 Å². The first-order valence-electron chi connectivity index (χ1n) is 4.79. The Labute approximate surface area is 91.9 Å². The van der Waals surface area contributed by atoms with Gasteiger partial charge in [0.05, 0.1) is 24.3 Å². The molecule has 3 aliphatic rings. The monoisotopic (exact) mass is 204 g/mol. The van der Waals surface area contributed by atoms with Crippen LogP contribution < -0.4 is 0 Å². The van der Waals surface area contributed by atoms with Gasteiger partial charge in [0.1, 0.15) is 10.8 Å². The summed E-state index contributed by atoms with van der Waals surface area (Å²) in [7, 11) is 0. The highest BCUT2D eigenvalue weighted by Crippen LogP contribution is 2.81. The minimum absolute atomic E-state index is 0.209. The molecule has 0 spiro atoms. The van der Waals surface area contributed by atoms with Crippen LogP contribution in [-0.2, 0) is 0 Å². The van der Waals surface area contributed by atoms with Crippen LogP contribution in [0.5, 0.6) is 0 Å². The Balaban J connectivity index is 2.28. The molecule has 4 nitrogen and oxygen atoms in total. The van der Waals surface area contributed by atoms with Gasteiger partial charge >= 0.3 is 0 Å². The van der Waals surface area contributed by atoms with Gasteiger partial charge in [-0.15, -0.1) is 0 Å². The third-order valence-corrected chi connectivity index (χ3v) is 3.98.